The second kappa shape index (κ2) is 14.7. The van der Waals surface area contributed by atoms with Crippen molar-refractivity contribution in [3.8, 4) is 73.2 Å². The maximum absolute atomic E-state index is 14.1. The molecule has 59 heavy (non-hydrogen) atoms. The van der Waals surface area contributed by atoms with Crippen molar-refractivity contribution in [1.82, 2.24) is 19.5 Å². The normalized spacial score (nSPS) is 11.6. The molecule has 10 rings (SSSR count). The molecule has 282 valence electrons. The molecule has 0 aliphatic rings. The average molecular weight is 771 g/mol. The minimum atomic E-state index is -4.50. The molecule has 7 heteroatoms. The Morgan fingerprint density at radius 1 is 0.339 bits per heavy atom. The van der Waals surface area contributed by atoms with E-state index in [-0.39, 0.29) is 0 Å². The van der Waals surface area contributed by atoms with E-state index in [1.54, 1.807) is 6.07 Å². The maximum Gasteiger partial charge on any atom is 0.416 e. The van der Waals surface area contributed by atoms with Crippen molar-refractivity contribution in [1.29, 1.82) is 0 Å². The number of benzene rings is 8. The van der Waals surface area contributed by atoms with Gasteiger partial charge in [-0.25, -0.2) is 15.0 Å². The zero-order valence-electron chi connectivity index (χ0n) is 31.5. The Morgan fingerprint density at radius 2 is 0.746 bits per heavy atom. The summed E-state index contributed by atoms with van der Waals surface area (Å²) in [6.45, 7) is 0. The third-order valence-electron chi connectivity index (χ3n) is 10.7. The topological polar surface area (TPSA) is 43.6 Å². The summed E-state index contributed by atoms with van der Waals surface area (Å²) in [7, 11) is 0. The first-order valence-corrected chi connectivity index (χ1v) is 19.3. The Bertz CT molecular complexity index is 2970. The third kappa shape index (κ3) is 6.83. The van der Waals surface area contributed by atoms with Gasteiger partial charge in [0.25, 0.3) is 0 Å². The predicted octanol–water partition coefficient (Wildman–Crippen LogP) is 14.0. The van der Waals surface area contributed by atoms with Gasteiger partial charge in [0.1, 0.15) is 0 Å². The summed E-state index contributed by atoms with van der Waals surface area (Å²) in [5.41, 5.74) is 9.42. The number of rotatable bonds is 7. The van der Waals surface area contributed by atoms with Crippen LogP contribution in [0.3, 0.4) is 0 Å². The summed E-state index contributed by atoms with van der Waals surface area (Å²) in [6.07, 6.45) is -4.50. The van der Waals surface area contributed by atoms with E-state index in [0.717, 1.165) is 61.3 Å². The number of aromatic nitrogens is 4. The minimum Gasteiger partial charge on any atom is -0.308 e. The SMILES string of the molecule is FC(F)(F)c1cccc(-c2ccc(-c3nc(-c4ccccc4)nc(-c4ccccc4)n3)c(-n3c4cc(-c5ccccc5)ccc4c4ccc(-c5ccccc5)cc43)c2)c1. The highest BCUT2D eigenvalue weighted by molar-refractivity contribution is 6.11. The van der Waals surface area contributed by atoms with Crippen LogP contribution in [0, 0.1) is 0 Å². The molecule has 0 saturated heterocycles. The van der Waals surface area contributed by atoms with E-state index in [0.29, 0.717) is 39.9 Å². The maximum atomic E-state index is 14.1. The molecule has 0 atom stereocenters. The van der Waals surface area contributed by atoms with Gasteiger partial charge < -0.3 is 4.57 Å². The van der Waals surface area contributed by atoms with E-state index in [2.05, 4.69) is 65.2 Å². The molecule has 4 nitrogen and oxygen atoms in total. The van der Waals surface area contributed by atoms with E-state index in [1.165, 1.54) is 12.1 Å². The van der Waals surface area contributed by atoms with Crippen LogP contribution in [0.2, 0.25) is 0 Å². The first-order valence-electron chi connectivity index (χ1n) is 19.3. The fourth-order valence-corrected chi connectivity index (χ4v) is 7.79. The largest absolute Gasteiger partial charge is 0.416 e. The molecule has 2 aromatic heterocycles. The first kappa shape index (κ1) is 35.8. The summed E-state index contributed by atoms with van der Waals surface area (Å²) in [5, 5.41) is 2.06. The molecule has 8 aromatic carbocycles. The van der Waals surface area contributed by atoms with E-state index < -0.39 is 11.7 Å². The number of halogens is 3. The van der Waals surface area contributed by atoms with E-state index in [9.17, 15) is 13.2 Å². The fraction of sp³-hybridized carbons (Fsp3) is 0.0192. The Hall–Kier alpha value is -7.64. The highest BCUT2D eigenvalue weighted by Gasteiger charge is 2.30. The molecule has 0 amide bonds. The summed E-state index contributed by atoms with van der Waals surface area (Å²) in [6, 6.07) is 64.1. The van der Waals surface area contributed by atoms with Gasteiger partial charge in [0, 0.05) is 27.5 Å². The summed E-state index contributed by atoms with van der Waals surface area (Å²) in [5.74, 6) is 1.43. The Labute approximate surface area is 338 Å². The molecule has 0 spiro atoms. The van der Waals surface area contributed by atoms with Crippen LogP contribution in [0.15, 0.2) is 200 Å². The van der Waals surface area contributed by atoms with Crippen molar-refractivity contribution >= 4 is 21.8 Å². The van der Waals surface area contributed by atoms with Crippen LogP contribution < -0.4 is 0 Å². The summed E-state index contributed by atoms with van der Waals surface area (Å²) in [4.78, 5) is 15.2. The number of hydrogen-bond acceptors (Lipinski definition) is 3. The van der Waals surface area contributed by atoms with Crippen molar-refractivity contribution in [2.75, 3.05) is 0 Å². The van der Waals surface area contributed by atoms with Gasteiger partial charge in [-0.15, -0.1) is 0 Å². The lowest BCUT2D eigenvalue weighted by molar-refractivity contribution is -0.137. The second-order valence-corrected chi connectivity index (χ2v) is 14.4. The van der Waals surface area contributed by atoms with Crippen LogP contribution in [0.1, 0.15) is 5.56 Å². The number of hydrogen-bond donors (Lipinski definition) is 0. The van der Waals surface area contributed by atoms with Gasteiger partial charge in [0.05, 0.1) is 22.3 Å². The second-order valence-electron chi connectivity index (χ2n) is 14.4. The summed E-state index contributed by atoms with van der Waals surface area (Å²) >= 11 is 0. The number of alkyl halides is 3. The highest BCUT2D eigenvalue weighted by atomic mass is 19.4. The van der Waals surface area contributed by atoms with Crippen LogP contribution in [0.4, 0.5) is 13.2 Å². The quantitative estimate of drug-likeness (QED) is 0.162. The Balaban J connectivity index is 1.31. The lowest BCUT2D eigenvalue weighted by Crippen LogP contribution is -2.05. The van der Waals surface area contributed by atoms with E-state index in [4.69, 9.17) is 15.0 Å². The molecule has 0 aliphatic carbocycles. The lowest BCUT2D eigenvalue weighted by Gasteiger charge is -2.17. The molecule has 2 heterocycles. The standard InChI is InChI=1S/C52H33F3N4/c53-52(54,55)42-23-13-22-38(30-42)41-26-29-45(51-57-49(36-18-9-3-10-19-36)56-50(58-51)37-20-11-4-12-21-37)48(33-41)59-46-31-39(34-14-5-1-6-15-34)24-27-43(46)44-28-25-40(32-47(44)59)35-16-7-2-8-17-35/h1-33H. The van der Waals surface area contributed by atoms with Crippen molar-refractivity contribution in [2.45, 2.75) is 6.18 Å². The van der Waals surface area contributed by atoms with E-state index >= 15 is 0 Å². The molecular weight excluding hydrogens is 738 g/mol. The average Bonchev–Trinajstić information content (AvgIpc) is 3.62. The van der Waals surface area contributed by atoms with Crippen LogP contribution in [-0.2, 0) is 6.18 Å². The van der Waals surface area contributed by atoms with Gasteiger partial charge in [-0.2, -0.15) is 13.2 Å². The number of nitrogens with zero attached hydrogens (tertiary/aromatic N) is 4. The summed E-state index contributed by atoms with van der Waals surface area (Å²) < 4.78 is 44.5. The zero-order chi connectivity index (χ0) is 39.9. The van der Waals surface area contributed by atoms with Gasteiger partial charge in [-0.3, -0.25) is 0 Å². The third-order valence-corrected chi connectivity index (χ3v) is 10.7. The zero-order valence-corrected chi connectivity index (χ0v) is 31.5. The number of fused-ring (bicyclic) bond motifs is 3. The van der Waals surface area contributed by atoms with Crippen LogP contribution in [0.25, 0.3) is 95.0 Å². The van der Waals surface area contributed by atoms with Gasteiger partial charge in [-0.1, -0.05) is 164 Å². The monoisotopic (exact) mass is 770 g/mol. The van der Waals surface area contributed by atoms with Crippen molar-refractivity contribution in [3.63, 3.8) is 0 Å². The molecule has 0 fully saturated rings. The first-order chi connectivity index (χ1) is 28.9. The van der Waals surface area contributed by atoms with Crippen molar-refractivity contribution < 1.29 is 13.2 Å². The van der Waals surface area contributed by atoms with Crippen molar-refractivity contribution in [3.05, 3.63) is 206 Å². The molecule has 0 bridgehead atoms. The lowest BCUT2D eigenvalue weighted by atomic mass is 9.99. The van der Waals surface area contributed by atoms with Gasteiger partial charge in [0.15, 0.2) is 17.5 Å². The molecule has 0 unspecified atom stereocenters. The Morgan fingerprint density at radius 3 is 1.24 bits per heavy atom. The van der Waals surface area contributed by atoms with Crippen LogP contribution in [-0.4, -0.2) is 19.5 Å². The van der Waals surface area contributed by atoms with Crippen LogP contribution in [0.5, 0.6) is 0 Å². The molecular formula is C52H33F3N4. The molecule has 0 radical (unpaired) electrons. The smallest absolute Gasteiger partial charge is 0.308 e. The van der Waals surface area contributed by atoms with E-state index in [1.807, 2.05) is 115 Å². The van der Waals surface area contributed by atoms with Gasteiger partial charge in [-0.05, 0) is 69.8 Å². The van der Waals surface area contributed by atoms with Gasteiger partial charge in [0.2, 0.25) is 0 Å². The van der Waals surface area contributed by atoms with Gasteiger partial charge >= 0.3 is 6.18 Å². The Kier molecular flexibility index (Phi) is 8.91. The minimum absolute atomic E-state index is 0.428. The molecule has 0 N–H and O–H groups in total. The molecule has 10 aromatic rings. The van der Waals surface area contributed by atoms with Crippen LogP contribution >= 0.6 is 0 Å². The highest BCUT2D eigenvalue weighted by Crippen LogP contribution is 2.41. The predicted molar refractivity (Wildman–Crippen MR) is 232 cm³/mol. The molecule has 0 saturated carbocycles. The fourth-order valence-electron chi connectivity index (χ4n) is 7.79. The molecule has 0 aliphatic heterocycles. The van der Waals surface area contributed by atoms with Crippen molar-refractivity contribution in [2.24, 2.45) is 0 Å².